The van der Waals surface area contributed by atoms with Crippen LogP contribution in [-0.4, -0.2) is 13.1 Å². The summed E-state index contributed by atoms with van der Waals surface area (Å²) in [6.07, 6.45) is 13.5. The predicted octanol–water partition coefficient (Wildman–Crippen LogP) is 5.25. The van der Waals surface area contributed by atoms with E-state index in [-0.39, 0.29) is 0 Å². The van der Waals surface area contributed by atoms with Crippen LogP contribution in [0.2, 0.25) is 0 Å². The highest BCUT2D eigenvalue weighted by atomic mass is 14.9. The van der Waals surface area contributed by atoms with E-state index >= 15 is 0 Å². The van der Waals surface area contributed by atoms with Crippen molar-refractivity contribution in [2.24, 2.45) is 35.0 Å². The third kappa shape index (κ3) is 3.49. The highest BCUT2D eigenvalue weighted by molar-refractivity contribution is 4.93. The van der Waals surface area contributed by atoms with Gasteiger partial charge in [-0.2, -0.15) is 0 Å². The van der Waals surface area contributed by atoms with Gasteiger partial charge in [-0.05, 0) is 93.4 Å². The SMILES string of the molecule is CNC(CC1CC2CCC1C2)C1CCC(C(C)(C)C)CC1. The van der Waals surface area contributed by atoms with E-state index in [4.69, 9.17) is 0 Å². The van der Waals surface area contributed by atoms with Gasteiger partial charge < -0.3 is 5.32 Å². The molecule has 122 valence electrons. The van der Waals surface area contributed by atoms with Gasteiger partial charge in [0.05, 0.1) is 0 Å². The van der Waals surface area contributed by atoms with Crippen LogP contribution >= 0.6 is 0 Å². The first-order valence-corrected chi connectivity index (χ1v) is 9.64. The van der Waals surface area contributed by atoms with Gasteiger partial charge in [-0.15, -0.1) is 0 Å². The van der Waals surface area contributed by atoms with Crippen molar-refractivity contribution in [2.45, 2.75) is 84.6 Å². The summed E-state index contributed by atoms with van der Waals surface area (Å²) < 4.78 is 0. The molecule has 0 aromatic carbocycles. The largest absolute Gasteiger partial charge is 0.317 e. The molecular formula is C20H37N. The van der Waals surface area contributed by atoms with Crippen LogP contribution in [0.15, 0.2) is 0 Å². The first kappa shape index (κ1) is 15.8. The first-order valence-electron chi connectivity index (χ1n) is 9.64. The van der Waals surface area contributed by atoms with Gasteiger partial charge in [0.25, 0.3) is 0 Å². The molecule has 21 heavy (non-hydrogen) atoms. The zero-order chi connectivity index (χ0) is 15.0. The van der Waals surface area contributed by atoms with Crippen molar-refractivity contribution >= 4 is 0 Å². The van der Waals surface area contributed by atoms with Crippen LogP contribution < -0.4 is 5.32 Å². The molecule has 4 unspecified atom stereocenters. The maximum absolute atomic E-state index is 3.71. The minimum Gasteiger partial charge on any atom is -0.317 e. The molecule has 3 fully saturated rings. The number of fused-ring (bicyclic) bond motifs is 2. The molecule has 0 spiro atoms. The Morgan fingerprint density at radius 2 is 1.67 bits per heavy atom. The maximum Gasteiger partial charge on any atom is 0.00950 e. The number of nitrogens with one attached hydrogen (secondary N) is 1. The van der Waals surface area contributed by atoms with E-state index in [1.807, 2.05) is 0 Å². The molecule has 1 nitrogen and oxygen atoms in total. The van der Waals surface area contributed by atoms with Gasteiger partial charge in [-0.1, -0.05) is 27.2 Å². The normalized spacial score (nSPS) is 41.4. The Morgan fingerprint density at radius 1 is 0.952 bits per heavy atom. The van der Waals surface area contributed by atoms with E-state index in [1.54, 1.807) is 25.7 Å². The molecular weight excluding hydrogens is 254 g/mol. The summed E-state index contributed by atoms with van der Waals surface area (Å²) in [7, 11) is 2.22. The minimum atomic E-state index is 0.519. The number of hydrogen-bond donors (Lipinski definition) is 1. The number of rotatable bonds is 4. The Bertz CT molecular complexity index is 334. The van der Waals surface area contributed by atoms with Gasteiger partial charge >= 0.3 is 0 Å². The molecule has 3 rings (SSSR count). The topological polar surface area (TPSA) is 12.0 Å². The highest BCUT2D eigenvalue weighted by Gasteiger charge is 2.41. The second-order valence-corrected chi connectivity index (χ2v) is 9.54. The van der Waals surface area contributed by atoms with E-state index in [1.165, 1.54) is 32.1 Å². The Hall–Kier alpha value is -0.0400. The van der Waals surface area contributed by atoms with Crippen LogP contribution in [0, 0.1) is 35.0 Å². The quantitative estimate of drug-likeness (QED) is 0.745. The number of hydrogen-bond acceptors (Lipinski definition) is 1. The molecule has 1 heteroatoms. The average molecular weight is 292 g/mol. The molecule has 3 aliphatic rings. The second-order valence-electron chi connectivity index (χ2n) is 9.54. The fourth-order valence-electron chi connectivity index (χ4n) is 5.92. The first-order chi connectivity index (χ1) is 9.97. The lowest BCUT2D eigenvalue weighted by Gasteiger charge is -2.40. The van der Waals surface area contributed by atoms with Crippen LogP contribution in [0.3, 0.4) is 0 Å². The molecule has 2 bridgehead atoms. The van der Waals surface area contributed by atoms with Crippen molar-refractivity contribution in [3.05, 3.63) is 0 Å². The van der Waals surface area contributed by atoms with Gasteiger partial charge in [-0.25, -0.2) is 0 Å². The maximum atomic E-state index is 3.71. The van der Waals surface area contributed by atoms with E-state index in [0.717, 1.165) is 35.6 Å². The molecule has 0 heterocycles. The molecule has 0 aromatic heterocycles. The van der Waals surface area contributed by atoms with Gasteiger partial charge in [0.15, 0.2) is 0 Å². The molecule has 3 aliphatic carbocycles. The molecule has 0 amide bonds. The van der Waals surface area contributed by atoms with Crippen LogP contribution in [0.4, 0.5) is 0 Å². The highest BCUT2D eigenvalue weighted by Crippen LogP contribution is 2.51. The van der Waals surface area contributed by atoms with Gasteiger partial charge in [0.1, 0.15) is 0 Å². The van der Waals surface area contributed by atoms with Crippen molar-refractivity contribution < 1.29 is 0 Å². The van der Waals surface area contributed by atoms with Crippen LogP contribution in [0.25, 0.3) is 0 Å². The van der Waals surface area contributed by atoms with E-state index in [9.17, 15) is 0 Å². The Morgan fingerprint density at radius 3 is 2.14 bits per heavy atom. The van der Waals surface area contributed by atoms with Crippen molar-refractivity contribution in [1.82, 2.24) is 5.32 Å². The Balaban J connectivity index is 1.51. The third-order valence-corrected chi connectivity index (χ3v) is 7.38. The van der Waals surface area contributed by atoms with Gasteiger partial charge in [-0.3, -0.25) is 0 Å². The lowest BCUT2D eigenvalue weighted by molar-refractivity contribution is 0.123. The third-order valence-electron chi connectivity index (χ3n) is 7.38. The minimum absolute atomic E-state index is 0.519. The molecule has 3 saturated carbocycles. The Kier molecular flexibility index (Phi) is 4.69. The zero-order valence-corrected chi connectivity index (χ0v) is 14.8. The smallest absolute Gasteiger partial charge is 0.00950 e. The standard InChI is InChI=1S/C20H37N/c1-20(2,3)18-9-7-15(8-10-18)19(21-4)13-17-12-14-5-6-16(17)11-14/h14-19,21H,5-13H2,1-4H3. The van der Waals surface area contributed by atoms with Crippen molar-refractivity contribution in [3.63, 3.8) is 0 Å². The van der Waals surface area contributed by atoms with E-state index in [0.29, 0.717) is 5.41 Å². The van der Waals surface area contributed by atoms with Gasteiger partial charge in [0.2, 0.25) is 0 Å². The predicted molar refractivity (Wildman–Crippen MR) is 91.3 cm³/mol. The Labute approximate surface area is 132 Å². The summed E-state index contributed by atoms with van der Waals surface area (Å²) >= 11 is 0. The molecule has 1 N–H and O–H groups in total. The monoisotopic (exact) mass is 291 g/mol. The average Bonchev–Trinajstić information content (AvgIpc) is 3.06. The lowest BCUT2D eigenvalue weighted by Crippen LogP contribution is -2.39. The van der Waals surface area contributed by atoms with Crippen LogP contribution in [0.1, 0.15) is 78.6 Å². The fraction of sp³-hybridized carbons (Fsp3) is 1.00. The molecule has 0 saturated heterocycles. The second kappa shape index (κ2) is 6.22. The van der Waals surface area contributed by atoms with Crippen LogP contribution in [-0.2, 0) is 0 Å². The van der Waals surface area contributed by atoms with Crippen LogP contribution in [0.5, 0.6) is 0 Å². The fourth-order valence-corrected chi connectivity index (χ4v) is 5.92. The van der Waals surface area contributed by atoms with Crippen molar-refractivity contribution in [2.75, 3.05) is 7.05 Å². The zero-order valence-electron chi connectivity index (χ0n) is 14.8. The van der Waals surface area contributed by atoms with Crippen molar-refractivity contribution in [3.8, 4) is 0 Å². The summed E-state index contributed by atoms with van der Waals surface area (Å²) in [5.41, 5.74) is 0.519. The van der Waals surface area contributed by atoms with E-state index < -0.39 is 0 Å². The summed E-state index contributed by atoms with van der Waals surface area (Å²) in [5.74, 6) is 5.16. The summed E-state index contributed by atoms with van der Waals surface area (Å²) in [5, 5.41) is 3.71. The summed E-state index contributed by atoms with van der Waals surface area (Å²) in [6, 6.07) is 0.801. The van der Waals surface area contributed by atoms with Gasteiger partial charge in [0, 0.05) is 6.04 Å². The molecule has 0 aliphatic heterocycles. The molecule has 4 atom stereocenters. The molecule has 0 aromatic rings. The van der Waals surface area contributed by atoms with Crippen molar-refractivity contribution in [1.29, 1.82) is 0 Å². The lowest BCUT2D eigenvalue weighted by atomic mass is 9.67. The summed E-state index contributed by atoms with van der Waals surface area (Å²) in [6.45, 7) is 7.30. The van der Waals surface area contributed by atoms with E-state index in [2.05, 4.69) is 33.1 Å². The molecule has 0 radical (unpaired) electrons. The summed E-state index contributed by atoms with van der Waals surface area (Å²) in [4.78, 5) is 0.